The smallest absolute Gasteiger partial charge is 0.220 e. The Labute approximate surface area is 182 Å². The molecule has 0 bridgehead atoms. The van der Waals surface area contributed by atoms with Crippen molar-refractivity contribution < 1.29 is 9.53 Å². The van der Waals surface area contributed by atoms with Crippen LogP contribution in [0.4, 0.5) is 5.82 Å². The van der Waals surface area contributed by atoms with Gasteiger partial charge < -0.3 is 15.0 Å². The van der Waals surface area contributed by atoms with Crippen molar-refractivity contribution in [2.75, 3.05) is 24.5 Å². The molecule has 0 unspecified atom stereocenters. The maximum atomic E-state index is 12.2. The Morgan fingerprint density at radius 2 is 1.94 bits per heavy atom. The van der Waals surface area contributed by atoms with Crippen LogP contribution in [0, 0.1) is 0 Å². The molecule has 1 amide bonds. The van der Waals surface area contributed by atoms with E-state index in [0.717, 1.165) is 42.8 Å². The molecule has 1 saturated heterocycles. The molecule has 1 aliphatic heterocycles. The molecule has 1 aliphatic rings. The van der Waals surface area contributed by atoms with Gasteiger partial charge in [0.25, 0.3) is 0 Å². The van der Waals surface area contributed by atoms with E-state index >= 15 is 0 Å². The Hall–Kier alpha value is -3.00. The Morgan fingerprint density at radius 3 is 2.71 bits per heavy atom. The normalized spacial score (nSPS) is 19.0. The second kappa shape index (κ2) is 9.87. The number of morpholine rings is 1. The highest BCUT2D eigenvalue weighted by atomic mass is 16.5. The minimum absolute atomic E-state index is 0.0685. The number of carbonyl (C=O) groups excluding carboxylic acids is 1. The summed E-state index contributed by atoms with van der Waals surface area (Å²) in [6.45, 7) is 6.83. The van der Waals surface area contributed by atoms with Gasteiger partial charge in [-0.15, -0.1) is 0 Å². The molecule has 8 heteroatoms. The Bertz CT molecular complexity index is 996. The monoisotopic (exact) mass is 422 g/mol. The molecular weight excluding hydrogens is 392 g/mol. The minimum Gasteiger partial charge on any atom is -0.372 e. The first-order valence-corrected chi connectivity index (χ1v) is 11.0. The van der Waals surface area contributed by atoms with Gasteiger partial charge in [0.05, 0.1) is 30.3 Å². The van der Waals surface area contributed by atoms with Crippen LogP contribution >= 0.6 is 0 Å². The van der Waals surface area contributed by atoms with E-state index in [1.165, 1.54) is 5.56 Å². The van der Waals surface area contributed by atoms with Gasteiger partial charge in [0, 0.05) is 26.1 Å². The predicted molar refractivity (Wildman–Crippen MR) is 120 cm³/mol. The average Bonchev–Trinajstić information content (AvgIpc) is 3.17. The van der Waals surface area contributed by atoms with Crippen molar-refractivity contribution in [2.24, 2.45) is 0 Å². The SMILES string of the molecule is C[C@@H]1CN(c2ncnc3c2cnn3CCNC(=O)CCCc2ccccc2)C[C@@H](C)O1. The lowest BCUT2D eigenvalue weighted by Gasteiger charge is -2.36. The number of carbonyl (C=O) groups is 1. The predicted octanol–water partition coefficient (Wildman–Crippen LogP) is 2.58. The number of aryl methyl sites for hydroxylation is 1. The fourth-order valence-corrected chi connectivity index (χ4v) is 4.13. The molecule has 3 aromatic rings. The van der Waals surface area contributed by atoms with Gasteiger partial charge in [-0.25, -0.2) is 14.6 Å². The lowest BCUT2D eigenvalue weighted by Crippen LogP contribution is -2.45. The number of rotatable bonds is 8. The molecule has 3 heterocycles. The average molecular weight is 423 g/mol. The lowest BCUT2D eigenvalue weighted by molar-refractivity contribution is -0.121. The number of anilines is 1. The van der Waals surface area contributed by atoms with Crippen LogP contribution < -0.4 is 10.2 Å². The van der Waals surface area contributed by atoms with Crippen LogP contribution in [-0.2, 0) is 22.5 Å². The lowest BCUT2D eigenvalue weighted by atomic mass is 10.1. The first-order valence-electron chi connectivity index (χ1n) is 11.0. The van der Waals surface area contributed by atoms with E-state index in [1.54, 1.807) is 6.33 Å². The van der Waals surface area contributed by atoms with Crippen LogP contribution in [0.15, 0.2) is 42.9 Å². The van der Waals surface area contributed by atoms with Gasteiger partial charge in [0.15, 0.2) is 5.65 Å². The Balaban J connectivity index is 1.30. The van der Waals surface area contributed by atoms with Gasteiger partial charge >= 0.3 is 0 Å². The van der Waals surface area contributed by atoms with E-state index < -0.39 is 0 Å². The fraction of sp³-hybridized carbons (Fsp3) is 0.478. The zero-order valence-corrected chi connectivity index (χ0v) is 18.2. The van der Waals surface area contributed by atoms with Crippen LogP contribution in [0.3, 0.4) is 0 Å². The summed E-state index contributed by atoms with van der Waals surface area (Å²) in [5, 5.41) is 8.41. The third-order valence-corrected chi connectivity index (χ3v) is 5.49. The van der Waals surface area contributed by atoms with Crippen molar-refractivity contribution in [3.05, 3.63) is 48.4 Å². The maximum absolute atomic E-state index is 12.2. The summed E-state index contributed by atoms with van der Waals surface area (Å²) < 4.78 is 7.67. The van der Waals surface area contributed by atoms with Gasteiger partial charge in [-0.1, -0.05) is 30.3 Å². The van der Waals surface area contributed by atoms with Crippen molar-refractivity contribution >= 4 is 22.8 Å². The summed E-state index contributed by atoms with van der Waals surface area (Å²) in [5.74, 6) is 0.960. The number of fused-ring (bicyclic) bond motifs is 1. The zero-order valence-electron chi connectivity index (χ0n) is 18.2. The van der Waals surface area contributed by atoms with Crippen molar-refractivity contribution in [1.29, 1.82) is 0 Å². The van der Waals surface area contributed by atoms with E-state index in [1.807, 2.05) is 29.1 Å². The molecule has 4 rings (SSSR count). The summed E-state index contributed by atoms with van der Waals surface area (Å²) in [5.41, 5.74) is 2.05. The molecule has 31 heavy (non-hydrogen) atoms. The van der Waals surface area contributed by atoms with Gasteiger partial charge in [-0.3, -0.25) is 4.79 Å². The number of amides is 1. The molecular formula is C23H30N6O2. The molecule has 2 aromatic heterocycles. The zero-order chi connectivity index (χ0) is 21.6. The highest BCUT2D eigenvalue weighted by Gasteiger charge is 2.25. The van der Waals surface area contributed by atoms with Gasteiger partial charge in [-0.2, -0.15) is 5.10 Å². The van der Waals surface area contributed by atoms with E-state index in [2.05, 4.69) is 51.3 Å². The molecule has 0 aliphatic carbocycles. The topological polar surface area (TPSA) is 85.2 Å². The molecule has 0 radical (unpaired) electrons. The van der Waals surface area contributed by atoms with E-state index in [4.69, 9.17) is 4.74 Å². The number of nitrogens with zero attached hydrogens (tertiary/aromatic N) is 5. The van der Waals surface area contributed by atoms with E-state index in [-0.39, 0.29) is 18.1 Å². The van der Waals surface area contributed by atoms with Crippen LogP contribution in [0.1, 0.15) is 32.3 Å². The molecule has 0 spiro atoms. The molecule has 164 valence electrons. The molecule has 1 aromatic carbocycles. The number of benzene rings is 1. The van der Waals surface area contributed by atoms with Gasteiger partial charge in [0.1, 0.15) is 12.1 Å². The quantitative estimate of drug-likeness (QED) is 0.601. The Kier molecular flexibility index (Phi) is 6.76. The highest BCUT2D eigenvalue weighted by molar-refractivity contribution is 5.86. The third-order valence-electron chi connectivity index (χ3n) is 5.49. The van der Waals surface area contributed by atoms with Crippen LogP contribution in [0.25, 0.3) is 11.0 Å². The standard InChI is InChI=1S/C23H30N6O2/c1-17-14-28(15-18(2)31-17)22-20-13-27-29(23(20)26-16-25-22)12-11-24-21(30)10-6-9-19-7-4-3-5-8-19/h3-5,7-8,13,16-18H,6,9-12,14-15H2,1-2H3,(H,24,30)/t17-,18-/m1/s1. The van der Waals surface area contributed by atoms with Crippen molar-refractivity contribution in [1.82, 2.24) is 25.1 Å². The second-order valence-electron chi connectivity index (χ2n) is 8.15. The second-order valence-corrected chi connectivity index (χ2v) is 8.15. The number of aromatic nitrogens is 4. The van der Waals surface area contributed by atoms with E-state index in [9.17, 15) is 4.79 Å². The molecule has 2 atom stereocenters. The number of hydrogen-bond acceptors (Lipinski definition) is 6. The first kappa shape index (κ1) is 21.2. The van der Waals surface area contributed by atoms with E-state index in [0.29, 0.717) is 19.5 Å². The number of nitrogens with one attached hydrogen (secondary N) is 1. The van der Waals surface area contributed by atoms with Crippen molar-refractivity contribution in [3.8, 4) is 0 Å². The summed E-state index contributed by atoms with van der Waals surface area (Å²) in [6.07, 6.45) is 5.99. The van der Waals surface area contributed by atoms with Crippen LogP contribution in [0.5, 0.6) is 0 Å². The first-order chi connectivity index (χ1) is 15.1. The summed E-state index contributed by atoms with van der Waals surface area (Å²) >= 11 is 0. The number of hydrogen-bond donors (Lipinski definition) is 1. The van der Waals surface area contributed by atoms with Crippen molar-refractivity contribution in [2.45, 2.75) is 51.9 Å². The summed E-state index contributed by atoms with van der Waals surface area (Å²) in [4.78, 5) is 23.4. The van der Waals surface area contributed by atoms with Crippen molar-refractivity contribution in [3.63, 3.8) is 0 Å². The summed E-state index contributed by atoms with van der Waals surface area (Å²) in [7, 11) is 0. The summed E-state index contributed by atoms with van der Waals surface area (Å²) in [6, 6.07) is 10.2. The highest BCUT2D eigenvalue weighted by Crippen LogP contribution is 2.25. The largest absolute Gasteiger partial charge is 0.372 e. The Morgan fingerprint density at radius 1 is 1.16 bits per heavy atom. The molecule has 8 nitrogen and oxygen atoms in total. The van der Waals surface area contributed by atoms with Crippen LogP contribution in [-0.4, -0.2) is 57.5 Å². The minimum atomic E-state index is 0.0685. The van der Waals surface area contributed by atoms with Gasteiger partial charge in [-0.05, 0) is 32.3 Å². The molecule has 1 fully saturated rings. The van der Waals surface area contributed by atoms with Crippen LogP contribution in [0.2, 0.25) is 0 Å². The fourth-order valence-electron chi connectivity index (χ4n) is 4.13. The maximum Gasteiger partial charge on any atom is 0.220 e. The molecule has 1 N–H and O–H groups in total. The third kappa shape index (κ3) is 5.38. The molecule has 0 saturated carbocycles. The number of ether oxygens (including phenoxy) is 1. The van der Waals surface area contributed by atoms with Gasteiger partial charge in [0.2, 0.25) is 5.91 Å².